The van der Waals surface area contributed by atoms with Gasteiger partial charge in [0.05, 0.1) is 29.9 Å². The summed E-state index contributed by atoms with van der Waals surface area (Å²) in [5, 5.41) is 21.5. The Balaban J connectivity index is 1.96. The van der Waals surface area contributed by atoms with E-state index in [0.717, 1.165) is 5.01 Å². The molecule has 0 aliphatic carbocycles. The van der Waals surface area contributed by atoms with Gasteiger partial charge in [0.1, 0.15) is 0 Å². The first kappa shape index (κ1) is 12.3. The van der Waals surface area contributed by atoms with Crippen molar-refractivity contribution in [1.82, 2.24) is 10.0 Å². The second-order valence-corrected chi connectivity index (χ2v) is 4.82. The third-order valence-electron chi connectivity index (χ3n) is 3.60. The summed E-state index contributed by atoms with van der Waals surface area (Å²) in [6.07, 6.45) is -0.286. The lowest BCUT2D eigenvalue weighted by atomic mass is 10.1. The van der Waals surface area contributed by atoms with Crippen LogP contribution in [0.1, 0.15) is 27.1 Å². The van der Waals surface area contributed by atoms with Crippen molar-refractivity contribution in [2.45, 2.75) is 18.6 Å². The molecule has 2 amide bonds. The Morgan fingerprint density at radius 2 is 1.74 bits per heavy atom. The molecule has 3 rings (SSSR count). The number of hydrazine groups is 1. The highest BCUT2D eigenvalue weighted by Gasteiger charge is 2.44. The third kappa shape index (κ3) is 1.76. The Kier molecular flexibility index (Phi) is 2.85. The maximum absolute atomic E-state index is 12.3. The molecule has 100 valence electrons. The molecule has 2 heterocycles. The van der Waals surface area contributed by atoms with Gasteiger partial charge in [0, 0.05) is 6.54 Å². The normalized spacial score (nSPS) is 27.2. The largest absolute Gasteiger partial charge is 0.395 e. The molecular formula is C13H14N2O4. The van der Waals surface area contributed by atoms with E-state index in [1.807, 2.05) is 0 Å². The van der Waals surface area contributed by atoms with Gasteiger partial charge in [-0.2, -0.15) is 0 Å². The van der Waals surface area contributed by atoms with Crippen molar-refractivity contribution >= 4 is 11.8 Å². The van der Waals surface area contributed by atoms with Crippen molar-refractivity contribution in [2.24, 2.45) is 0 Å². The van der Waals surface area contributed by atoms with Crippen LogP contribution in [0.15, 0.2) is 24.3 Å². The fraction of sp³-hybridized carbons (Fsp3) is 0.385. The van der Waals surface area contributed by atoms with Crippen molar-refractivity contribution in [3.05, 3.63) is 35.4 Å². The van der Waals surface area contributed by atoms with Crippen LogP contribution in [0.3, 0.4) is 0 Å². The molecule has 2 aliphatic rings. The number of benzene rings is 1. The number of hydrogen-bond acceptors (Lipinski definition) is 5. The van der Waals surface area contributed by atoms with Crippen LogP contribution in [0.5, 0.6) is 0 Å². The summed E-state index contributed by atoms with van der Waals surface area (Å²) < 4.78 is 0. The SMILES string of the molecule is O=C1c2ccccc2C(=O)N1N1C[C@H](O)C[C@H]1CO. The molecule has 1 fully saturated rings. The molecule has 0 spiro atoms. The van der Waals surface area contributed by atoms with Gasteiger partial charge in [-0.1, -0.05) is 12.1 Å². The summed E-state index contributed by atoms with van der Waals surface area (Å²) in [4.78, 5) is 24.5. The minimum absolute atomic E-state index is 0.177. The van der Waals surface area contributed by atoms with Crippen LogP contribution < -0.4 is 0 Å². The summed E-state index contributed by atoms with van der Waals surface area (Å²) in [5.74, 6) is -0.790. The number of fused-ring (bicyclic) bond motifs is 1. The number of amides is 2. The molecule has 1 saturated heterocycles. The zero-order chi connectivity index (χ0) is 13.6. The Hall–Kier alpha value is -1.76. The maximum atomic E-state index is 12.3. The van der Waals surface area contributed by atoms with Crippen LogP contribution in [0, 0.1) is 0 Å². The number of carbonyl (C=O) groups is 2. The standard InChI is InChI=1S/C13H14N2O4/c16-7-8-5-9(17)6-14(8)15-12(18)10-3-1-2-4-11(10)13(15)19/h1-4,8-9,16-17H,5-7H2/t8-,9+/m0/s1. The summed E-state index contributed by atoms with van der Waals surface area (Å²) in [5.41, 5.74) is 0.733. The number of aliphatic hydroxyl groups excluding tert-OH is 2. The molecule has 0 saturated carbocycles. The van der Waals surface area contributed by atoms with Gasteiger partial charge in [0.25, 0.3) is 11.8 Å². The Morgan fingerprint density at radius 1 is 1.16 bits per heavy atom. The van der Waals surface area contributed by atoms with Gasteiger partial charge in [0.15, 0.2) is 0 Å². The summed E-state index contributed by atoms with van der Waals surface area (Å²) in [7, 11) is 0. The Morgan fingerprint density at radius 3 is 2.26 bits per heavy atom. The lowest BCUT2D eigenvalue weighted by Gasteiger charge is -2.30. The quantitative estimate of drug-likeness (QED) is 0.710. The van der Waals surface area contributed by atoms with Gasteiger partial charge in [-0.15, -0.1) is 0 Å². The van der Waals surface area contributed by atoms with Crippen LogP contribution in [0.25, 0.3) is 0 Å². The van der Waals surface area contributed by atoms with Gasteiger partial charge < -0.3 is 10.2 Å². The number of nitrogens with zero attached hydrogens (tertiary/aromatic N) is 2. The zero-order valence-corrected chi connectivity index (χ0v) is 10.2. The lowest BCUT2D eigenvalue weighted by Crippen LogP contribution is -2.50. The fourth-order valence-corrected chi connectivity index (χ4v) is 2.70. The van der Waals surface area contributed by atoms with Gasteiger partial charge in [0.2, 0.25) is 0 Å². The maximum Gasteiger partial charge on any atom is 0.276 e. The number of carbonyl (C=O) groups excluding carboxylic acids is 2. The lowest BCUT2D eigenvalue weighted by molar-refractivity contribution is -0.0176. The van der Waals surface area contributed by atoms with E-state index in [1.54, 1.807) is 24.3 Å². The van der Waals surface area contributed by atoms with Crippen molar-refractivity contribution in [1.29, 1.82) is 0 Å². The van der Waals surface area contributed by atoms with E-state index in [9.17, 15) is 19.8 Å². The molecule has 2 N–H and O–H groups in total. The van der Waals surface area contributed by atoms with Crippen molar-refractivity contribution < 1.29 is 19.8 Å². The number of imide groups is 1. The van der Waals surface area contributed by atoms with Gasteiger partial charge in [-0.25, -0.2) is 10.0 Å². The topological polar surface area (TPSA) is 81.1 Å². The highest BCUT2D eigenvalue weighted by Crippen LogP contribution is 2.28. The number of rotatable bonds is 2. The highest BCUT2D eigenvalue weighted by atomic mass is 16.3. The minimum atomic E-state index is -0.638. The van der Waals surface area contributed by atoms with E-state index in [-0.39, 0.29) is 13.2 Å². The van der Waals surface area contributed by atoms with Crippen LogP contribution in [-0.2, 0) is 0 Å². The molecule has 0 aromatic heterocycles. The molecule has 0 radical (unpaired) electrons. The van der Waals surface area contributed by atoms with E-state index in [2.05, 4.69) is 0 Å². The van der Waals surface area contributed by atoms with Crippen molar-refractivity contribution in [3.8, 4) is 0 Å². The second kappa shape index (κ2) is 4.41. The van der Waals surface area contributed by atoms with Gasteiger partial charge in [-0.3, -0.25) is 9.59 Å². The van der Waals surface area contributed by atoms with E-state index >= 15 is 0 Å². The molecule has 19 heavy (non-hydrogen) atoms. The van der Waals surface area contributed by atoms with Crippen LogP contribution in [-0.4, -0.2) is 57.3 Å². The number of β-amino-alcohol motifs (C(OH)–C–C–N with tert-alkyl or cyclic N) is 1. The highest BCUT2D eigenvalue weighted by molar-refractivity contribution is 6.20. The molecule has 2 atom stereocenters. The summed E-state index contributed by atoms with van der Waals surface area (Å²) >= 11 is 0. The van der Waals surface area contributed by atoms with E-state index in [4.69, 9.17) is 0 Å². The minimum Gasteiger partial charge on any atom is -0.395 e. The predicted molar refractivity (Wildman–Crippen MR) is 65.1 cm³/mol. The predicted octanol–water partition coefficient (Wildman–Crippen LogP) is -0.375. The molecule has 1 aromatic rings. The molecule has 0 unspecified atom stereocenters. The fourth-order valence-electron chi connectivity index (χ4n) is 2.70. The first-order chi connectivity index (χ1) is 9.13. The average Bonchev–Trinajstić information content (AvgIpc) is 2.90. The first-order valence-electron chi connectivity index (χ1n) is 6.16. The molecule has 0 bridgehead atoms. The first-order valence-corrected chi connectivity index (χ1v) is 6.16. The van der Waals surface area contributed by atoms with E-state index in [0.29, 0.717) is 17.5 Å². The summed E-state index contributed by atoms with van der Waals surface area (Å²) in [6, 6.07) is 6.22. The Labute approximate surface area is 109 Å². The van der Waals surface area contributed by atoms with Crippen LogP contribution >= 0.6 is 0 Å². The average molecular weight is 262 g/mol. The molecular weight excluding hydrogens is 248 g/mol. The third-order valence-corrected chi connectivity index (χ3v) is 3.60. The van der Waals surface area contributed by atoms with Gasteiger partial charge in [-0.05, 0) is 18.6 Å². The molecule has 6 nitrogen and oxygen atoms in total. The molecule has 6 heteroatoms. The van der Waals surface area contributed by atoms with E-state index in [1.165, 1.54) is 5.01 Å². The zero-order valence-electron chi connectivity index (χ0n) is 10.2. The van der Waals surface area contributed by atoms with E-state index < -0.39 is 24.0 Å². The van der Waals surface area contributed by atoms with Crippen LogP contribution in [0.2, 0.25) is 0 Å². The van der Waals surface area contributed by atoms with Crippen molar-refractivity contribution in [3.63, 3.8) is 0 Å². The smallest absolute Gasteiger partial charge is 0.276 e. The van der Waals surface area contributed by atoms with Gasteiger partial charge >= 0.3 is 0 Å². The summed E-state index contributed by atoms with van der Waals surface area (Å²) in [6.45, 7) is -0.0266. The molecule has 1 aromatic carbocycles. The number of hydrogen-bond donors (Lipinski definition) is 2. The Bertz CT molecular complexity index is 510. The molecule has 2 aliphatic heterocycles. The number of aliphatic hydroxyl groups is 2. The van der Waals surface area contributed by atoms with Crippen LogP contribution in [0.4, 0.5) is 0 Å². The second-order valence-electron chi connectivity index (χ2n) is 4.82. The monoisotopic (exact) mass is 262 g/mol. The van der Waals surface area contributed by atoms with Crippen molar-refractivity contribution in [2.75, 3.05) is 13.2 Å².